The Morgan fingerprint density at radius 1 is 1.10 bits per heavy atom. The van der Waals surface area contributed by atoms with Crippen LogP contribution in [0.1, 0.15) is 35.7 Å². The second-order valence-corrected chi connectivity index (χ2v) is 7.18. The van der Waals surface area contributed by atoms with Crippen molar-refractivity contribution in [2.45, 2.75) is 38.5 Å². The van der Waals surface area contributed by atoms with Gasteiger partial charge in [0.2, 0.25) is 0 Å². The first kappa shape index (κ1) is 22.3. The molecule has 0 bridgehead atoms. The van der Waals surface area contributed by atoms with E-state index in [0.717, 1.165) is 25.0 Å². The van der Waals surface area contributed by atoms with Crippen LogP contribution in [0.2, 0.25) is 0 Å². The Hall–Kier alpha value is -3.39. The Bertz CT molecular complexity index is 879. The average molecular weight is 426 g/mol. The molecule has 8 heteroatoms. The predicted molar refractivity (Wildman–Crippen MR) is 113 cm³/mol. The Kier molecular flexibility index (Phi) is 8.00. The lowest BCUT2D eigenvalue weighted by Crippen LogP contribution is -2.44. The molecule has 2 atom stereocenters. The summed E-state index contributed by atoms with van der Waals surface area (Å²) in [5, 5.41) is 4.74. The molecule has 3 rings (SSSR count). The number of nitrogens with one attached hydrogen (secondary N) is 2. The number of imide groups is 1. The highest BCUT2D eigenvalue weighted by atomic mass is 16.5. The van der Waals surface area contributed by atoms with Crippen LogP contribution in [0.15, 0.2) is 54.6 Å². The highest BCUT2D eigenvalue weighted by Gasteiger charge is 2.21. The van der Waals surface area contributed by atoms with Gasteiger partial charge >= 0.3 is 12.0 Å². The van der Waals surface area contributed by atoms with Gasteiger partial charge in [-0.05, 0) is 49.6 Å². The maximum absolute atomic E-state index is 12.3. The van der Waals surface area contributed by atoms with E-state index >= 15 is 0 Å². The fraction of sp³-hybridized carbons (Fsp3) is 0.348. The molecule has 2 unspecified atom stereocenters. The van der Waals surface area contributed by atoms with Gasteiger partial charge in [0.25, 0.3) is 5.91 Å². The molecular weight excluding hydrogens is 400 g/mol. The first-order chi connectivity index (χ1) is 15.0. The van der Waals surface area contributed by atoms with E-state index in [0.29, 0.717) is 12.4 Å². The van der Waals surface area contributed by atoms with Gasteiger partial charge in [-0.2, -0.15) is 0 Å². The fourth-order valence-corrected chi connectivity index (χ4v) is 2.97. The molecule has 31 heavy (non-hydrogen) atoms. The van der Waals surface area contributed by atoms with Crippen molar-refractivity contribution < 1.29 is 28.6 Å². The quantitative estimate of drug-likeness (QED) is 0.630. The van der Waals surface area contributed by atoms with Crippen LogP contribution in [0.4, 0.5) is 4.79 Å². The van der Waals surface area contributed by atoms with Crippen molar-refractivity contribution in [3.8, 4) is 5.75 Å². The summed E-state index contributed by atoms with van der Waals surface area (Å²) < 4.78 is 16.3. The number of ether oxygens (including phenoxy) is 3. The van der Waals surface area contributed by atoms with Gasteiger partial charge in [0.05, 0.1) is 11.7 Å². The van der Waals surface area contributed by atoms with Crippen molar-refractivity contribution in [2.75, 3.05) is 13.2 Å². The van der Waals surface area contributed by atoms with Gasteiger partial charge in [-0.25, -0.2) is 9.59 Å². The van der Waals surface area contributed by atoms with E-state index in [1.165, 1.54) is 6.92 Å². The molecule has 2 aromatic rings. The summed E-state index contributed by atoms with van der Waals surface area (Å²) in [6, 6.07) is 15.1. The highest BCUT2D eigenvalue weighted by molar-refractivity contribution is 5.98. The van der Waals surface area contributed by atoms with Crippen molar-refractivity contribution in [1.82, 2.24) is 10.6 Å². The molecule has 0 radical (unpaired) electrons. The molecule has 164 valence electrons. The first-order valence-electron chi connectivity index (χ1n) is 10.2. The lowest BCUT2D eigenvalue weighted by Gasteiger charge is -2.14. The average Bonchev–Trinajstić information content (AvgIpc) is 3.31. The van der Waals surface area contributed by atoms with Crippen LogP contribution in [-0.4, -0.2) is 43.3 Å². The van der Waals surface area contributed by atoms with Crippen LogP contribution >= 0.6 is 0 Å². The number of carbonyl (C=O) groups excluding carboxylic acids is 3. The first-order valence-corrected chi connectivity index (χ1v) is 10.2. The Balaban J connectivity index is 1.41. The van der Waals surface area contributed by atoms with Crippen LogP contribution in [0.3, 0.4) is 0 Å². The maximum atomic E-state index is 12.3. The fourth-order valence-electron chi connectivity index (χ4n) is 2.97. The van der Waals surface area contributed by atoms with Crippen molar-refractivity contribution in [3.05, 3.63) is 65.7 Å². The third-order valence-electron chi connectivity index (χ3n) is 4.74. The summed E-state index contributed by atoms with van der Waals surface area (Å²) in [5.41, 5.74) is 1.17. The van der Waals surface area contributed by atoms with Crippen molar-refractivity contribution in [2.24, 2.45) is 0 Å². The predicted octanol–water partition coefficient (Wildman–Crippen LogP) is 2.82. The summed E-state index contributed by atoms with van der Waals surface area (Å²) in [6.45, 7) is 2.90. The number of hydrogen-bond donors (Lipinski definition) is 2. The van der Waals surface area contributed by atoms with Gasteiger partial charge in [0, 0.05) is 13.2 Å². The van der Waals surface area contributed by atoms with Gasteiger partial charge < -0.3 is 19.5 Å². The number of amides is 3. The van der Waals surface area contributed by atoms with E-state index in [-0.39, 0.29) is 18.2 Å². The van der Waals surface area contributed by atoms with E-state index in [1.54, 1.807) is 24.3 Å². The summed E-state index contributed by atoms with van der Waals surface area (Å²) in [4.78, 5) is 36.3. The molecule has 1 aliphatic heterocycles. The molecule has 2 N–H and O–H groups in total. The zero-order valence-corrected chi connectivity index (χ0v) is 17.3. The normalized spacial score (nSPS) is 16.2. The van der Waals surface area contributed by atoms with Gasteiger partial charge in [-0.15, -0.1) is 0 Å². The van der Waals surface area contributed by atoms with Crippen LogP contribution < -0.4 is 15.4 Å². The van der Waals surface area contributed by atoms with Crippen LogP contribution in [0.5, 0.6) is 5.75 Å². The minimum atomic E-state index is -1.13. The van der Waals surface area contributed by atoms with E-state index in [9.17, 15) is 14.4 Å². The minimum absolute atomic E-state index is 0.105. The number of urea groups is 1. The van der Waals surface area contributed by atoms with E-state index < -0.39 is 24.0 Å². The molecule has 3 amide bonds. The van der Waals surface area contributed by atoms with Crippen molar-refractivity contribution in [3.63, 3.8) is 0 Å². The summed E-state index contributed by atoms with van der Waals surface area (Å²) in [7, 11) is 0. The zero-order chi connectivity index (χ0) is 22.1. The number of benzene rings is 2. The van der Waals surface area contributed by atoms with Gasteiger partial charge in [0.1, 0.15) is 12.4 Å². The standard InChI is InChI=1S/C23H26N2O6/c1-16(21(26)25-23(28)24-14-17-6-3-2-4-7-17)31-22(27)18-9-11-19(12-10-18)30-15-20-8-5-13-29-20/h2-4,6-7,9-12,16,20H,5,8,13-15H2,1H3,(H2,24,25,26,28). The molecule has 0 saturated carbocycles. The molecule has 1 saturated heterocycles. The van der Waals surface area contributed by atoms with Crippen molar-refractivity contribution in [1.29, 1.82) is 0 Å². The van der Waals surface area contributed by atoms with Gasteiger partial charge in [-0.3, -0.25) is 10.1 Å². The number of rotatable bonds is 8. The van der Waals surface area contributed by atoms with Crippen LogP contribution in [-0.2, 0) is 20.8 Å². The number of hydrogen-bond acceptors (Lipinski definition) is 6. The largest absolute Gasteiger partial charge is 0.491 e. The summed E-state index contributed by atoms with van der Waals surface area (Å²) in [5.74, 6) is -0.763. The lowest BCUT2D eigenvalue weighted by atomic mass is 10.2. The highest BCUT2D eigenvalue weighted by Crippen LogP contribution is 2.17. The molecule has 2 aromatic carbocycles. The topological polar surface area (TPSA) is 103 Å². The third kappa shape index (κ3) is 7.11. The third-order valence-corrected chi connectivity index (χ3v) is 4.74. The molecule has 0 aliphatic carbocycles. The number of carbonyl (C=O) groups is 3. The minimum Gasteiger partial charge on any atom is -0.491 e. The molecule has 1 heterocycles. The monoisotopic (exact) mass is 426 g/mol. The Morgan fingerprint density at radius 3 is 2.52 bits per heavy atom. The Labute approximate surface area is 180 Å². The summed E-state index contributed by atoms with van der Waals surface area (Å²) in [6.07, 6.45) is 0.993. The lowest BCUT2D eigenvalue weighted by molar-refractivity contribution is -0.127. The van der Waals surface area contributed by atoms with Crippen LogP contribution in [0, 0.1) is 0 Å². The second-order valence-electron chi connectivity index (χ2n) is 7.18. The smallest absolute Gasteiger partial charge is 0.338 e. The second kappa shape index (κ2) is 11.1. The van der Waals surface area contributed by atoms with Crippen LogP contribution in [0.25, 0.3) is 0 Å². The van der Waals surface area contributed by atoms with Gasteiger partial charge in [-0.1, -0.05) is 30.3 Å². The van der Waals surface area contributed by atoms with E-state index in [2.05, 4.69) is 10.6 Å². The molecular formula is C23H26N2O6. The van der Waals surface area contributed by atoms with E-state index in [1.807, 2.05) is 30.3 Å². The zero-order valence-electron chi connectivity index (χ0n) is 17.3. The van der Waals surface area contributed by atoms with Gasteiger partial charge in [0.15, 0.2) is 6.10 Å². The molecule has 0 aromatic heterocycles. The molecule has 8 nitrogen and oxygen atoms in total. The molecule has 0 spiro atoms. The maximum Gasteiger partial charge on any atom is 0.338 e. The van der Waals surface area contributed by atoms with Crippen molar-refractivity contribution >= 4 is 17.9 Å². The number of esters is 1. The molecule has 1 aliphatic rings. The Morgan fingerprint density at radius 2 is 1.84 bits per heavy atom. The molecule has 1 fully saturated rings. The SMILES string of the molecule is CC(OC(=O)c1ccc(OCC2CCCO2)cc1)C(=O)NC(=O)NCc1ccccc1. The van der Waals surface area contributed by atoms with E-state index in [4.69, 9.17) is 14.2 Å². The summed E-state index contributed by atoms with van der Waals surface area (Å²) >= 11 is 0.